The van der Waals surface area contributed by atoms with Crippen LogP contribution in [-0.2, 0) is 9.59 Å². The van der Waals surface area contributed by atoms with E-state index < -0.39 is 17.6 Å². The molecule has 5 heteroatoms. The number of likely N-dealkylation sites (tertiary alicyclic amines) is 1. The Labute approximate surface area is 101 Å². The van der Waals surface area contributed by atoms with Gasteiger partial charge in [-0.1, -0.05) is 0 Å². The molecule has 96 valence electrons. The quantitative estimate of drug-likeness (QED) is 0.741. The van der Waals surface area contributed by atoms with Gasteiger partial charge in [0.25, 0.3) is 0 Å². The van der Waals surface area contributed by atoms with E-state index in [1.165, 1.54) is 0 Å². The van der Waals surface area contributed by atoms with Crippen molar-refractivity contribution < 1.29 is 14.7 Å². The van der Waals surface area contributed by atoms with E-state index in [-0.39, 0.29) is 5.91 Å². The molecule has 1 amide bonds. The van der Waals surface area contributed by atoms with E-state index in [0.29, 0.717) is 13.0 Å². The van der Waals surface area contributed by atoms with Crippen molar-refractivity contribution >= 4 is 11.9 Å². The highest BCUT2D eigenvalue weighted by molar-refractivity contribution is 5.90. The third-order valence-corrected chi connectivity index (χ3v) is 3.89. The number of nitrogens with one attached hydrogen (secondary N) is 1. The van der Waals surface area contributed by atoms with Crippen LogP contribution >= 0.6 is 0 Å². The standard InChI is InChI=1S/C12H20N2O3/c1-12(6-4-7-13-12)11(17)14-8-3-2-5-9(14)10(15)16/h9,13H,2-8H2,1H3,(H,15,16). The molecular weight excluding hydrogens is 220 g/mol. The van der Waals surface area contributed by atoms with Gasteiger partial charge in [-0.25, -0.2) is 4.79 Å². The number of rotatable bonds is 2. The van der Waals surface area contributed by atoms with Crippen molar-refractivity contribution in [3.8, 4) is 0 Å². The second-order valence-corrected chi connectivity index (χ2v) is 5.21. The van der Waals surface area contributed by atoms with E-state index >= 15 is 0 Å². The third-order valence-electron chi connectivity index (χ3n) is 3.89. The maximum absolute atomic E-state index is 12.4. The minimum Gasteiger partial charge on any atom is -0.480 e. The lowest BCUT2D eigenvalue weighted by molar-refractivity contribution is -0.154. The molecule has 2 fully saturated rings. The lowest BCUT2D eigenvalue weighted by Gasteiger charge is -2.38. The van der Waals surface area contributed by atoms with Gasteiger partial charge in [0.05, 0.1) is 5.54 Å². The SMILES string of the molecule is CC1(C(=O)N2CCCCC2C(=O)O)CCCN1. The predicted octanol–water partition coefficient (Wildman–Crippen LogP) is 0.594. The minimum atomic E-state index is -0.875. The van der Waals surface area contributed by atoms with Crippen LogP contribution in [0, 0.1) is 0 Å². The summed E-state index contributed by atoms with van der Waals surface area (Å²) in [6.07, 6.45) is 4.16. The number of carbonyl (C=O) groups is 2. The van der Waals surface area contributed by atoms with Crippen molar-refractivity contribution in [3.63, 3.8) is 0 Å². The third kappa shape index (κ3) is 2.29. The molecule has 0 saturated carbocycles. The average molecular weight is 240 g/mol. The fraction of sp³-hybridized carbons (Fsp3) is 0.833. The lowest BCUT2D eigenvalue weighted by atomic mass is 9.94. The van der Waals surface area contributed by atoms with Crippen molar-refractivity contribution in [1.82, 2.24) is 10.2 Å². The summed E-state index contributed by atoms with van der Waals surface area (Å²) < 4.78 is 0. The molecule has 2 heterocycles. The summed E-state index contributed by atoms with van der Waals surface area (Å²) in [5, 5.41) is 12.4. The molecule has 2 aliphatic rings. The Morgan fingerprint density at radius 3 is 2.71 bits per heavy atom. The zero-order chi connectivity index (χ0) is 12.5. The smallest absolute Gasteiger partial charge is 0.326 e. The number of amides is 1. The van der Waals surface area contributed by atoms with Crippen LogP contribution in [0.4, 0.5) is 0 Å². The van der Waals surface area contributed by atoms with Crippen LogP contribution in [0.1, 0.15) is 39.0 Å². The molecule has 2 unspecified atom stereocenters. The molecular formula is C12H20N2O3. The van der Waals surface area contributed by atoms with Crippen LogP contribution in [0.3, 0.4) is 0 Å². The van der Waals surface area contributed by atoms with E-state index in [9.17, 15) is 14.7 Å². The van der Waals surface area contributed by atoms with Gasteiger partial charge in [0.1, 0.15) is 6.04 Å². The van der Waals surface area contributed by atoms with Crippen molar-refractivity contribution in [3.05, 3.63) is 0 Å². The zero-order valence-electron chi connectivity index (χ0n) is 10.2. The second kappa shape index (κ2) is 4.64. The van der Waals surface area contributed by atoms with Gasteiger partial charge in [0.15, 0.2) is 0 Å². The van der Waals surface area contributed by atoms with E-state index in [1.54, 1.807) is 4.90 Å². The minimum absolute atomic E-state index is 0.0397. The fourth-order valence-corrected chi connectivity index (χ4v) is 2.83. The summed E-state index contributed by atoms with van der Waals surface area (Å²) in [6.45, 7) is 3.30. The molecule has 2 rings (SSSR count). The number of hydrogen-bond donors (Lipinski definition) is 2. The van der Waals surface area contributed by atoms with Crippen molar-refractivity contribution in [2.24, 2.45) is 0 Å². The average Bonchev–Trinajstić information content (AvgIpc) is 2.76. The van der Waals surface area contributed by atoms with Crippen molar-refractivity contribution in [1.29, 1.82) is 0 Å². The van der Waals surface area contributed by atoms with Crippen LogP contribution in [0.25, 0.3) is 0 Å². The van der Waals surface area contributed by atoms with Gasteiger partial charge < -0.3 is 15.3 Å². The Morgan fingerprint density at radius 1 is 1.35 bits per heavy atom. The van der Waals surface area contributed by atoms with Gasteiger partial charge in [0, 0.05) is 6.54 Å². The van der Waals surface area contributed by atoms with E-state index in [0.717, 1.165) is 32.2 Å². The molecule has 2 atom stereocenters. The van der Waals surface area contributed by atoms with Crippen LogP contribution < -0.4 is 5.32 Å². The summed E-state index contributed by atoms with van der Waals surface area (Å²) in [5.74, 6) is -0.915. The van der Waals surface area contributed by atoms with Gasteiger partial charge in [-0.2, -0.15) is 0 Å². The van der Waals surface area contributed by atoms with Gasteiger partial charge in [-0.05, 0) is 45.6 Å². The Balaban J connectivity index is 2.13. The maximum Gasteiger partial charge on any atom is 0.326 e. The molecule has 0 bridgehead atoms. The maximum atomic E-state index is 12.4. The summed E-state index contributed by atoms with van der Waals surface area (Å²) >= 11 is 0. The summed E-state index contributed by atoms with van der Waals surface area (Å²) in [5.41, 5.74) is -0.551. The predicted molar refractivity (Wildman–Crippen MR) is 62.6 cm³/mol. The summed E-state index contributed by atoms with van der Waals surface area (Å²) in [6, 6.07) is -0.629. The van der Waals surface area contributed by atoms with Gasteiger partial charge in [-0.15, -0.1) is 0 Å². The molecule has 0 spiro atoms. The van der Waals surface area contributed by atoms with Gasteiger partial charge in [0.2, 0.25) is 5.91 Å². The highest BCUT2D eigenvalue weighted by Gasteiger charge is 2.43. The van der Waals surface area contributed by atoms with Gasteiger partial charge in [-0.3, -0.25) is 4.79 Å². The first kappa shape index (κ1) is 12.4. The van der Waals surface area contributed by atoms with Crippen molar-refractivity contribution in [2.45, 2.75) is 50.6 Å². The van der Waals surface area contributed by atoms with E-state index in [4.69, 9.17) is 0 Å². The van der Waals surface area contributed by atoms with E-state index in [1.807, 2.05) is 6.92 Å². The summed E-state index contributed by atoms with van der Waals surface area (Å²) in [7, 11) is 0. The molecule has 17 heavy (non-hydrogen) atoms. The normalized spacial score (nSPS) is 33.7. The van der Waals surface area contributed by atoms with Crippen molar-refractivity contribution in [2.75, 3.05) is 13.1 Å². The van der Waals surface area contributed by atoms with Crippen LogP contribution in [0.15, 0.2) is 0 Å². The summed E-state index contributed by atoms with van der Waals surface area (Å²) in [4.78, 5) is 25.2. The van der Waals surface area contributed by atoms with Crippen LogP contribution in [-0.4, -0.2) is 46.6 Å². The van der Waals surface area contributed by atoms with Crippen LogP contribution in [0.5, 0.6) is 0 Å². The molecule has 0 aromatic heterocycles. The Kier molecular flexibility index (Phi) is 3.38. The topological polar surface area (TPSA) is 69.6 Å². The number of nitrogens with zero attached hydrogens (tertiary/aromatic N) is 1. The van der Waals surface area contributed by atoms with E-state index in [2.05, 4.69) is 5.32 Å². The lowest BCUT2D eigenvalue weighted by Crippen LogP contribution is -2.58. The first-order chi connectivity index (χ1) is 8.04. The number of piperidine rings is 1. The highest BCUT2D eigenvalue weighted by atomic mass is 16.4. The number of hydrogen-bond acceptors (Lipinski definition) is 3. The number of aliphatic carboxylic acids is 1. The largest absolute Gasteiger partial charge is 0.480 e. The monoisotopic (exact) mass is 240 g/mol. The first-order valence-electron chi connectivity index (χ1n) is 6.33. The molecule has 0 aromatic carbocycles. The number of carbonyl (C=O) groups excluding carboxylic acids is 1. The molecule has 2 N–H and O–H groups in total. The van der Waals surface area contributed by atoms with Crippen LogP contribution in [0.2, 0.25) is 0 Å². The first-order valence-corrected chi connectivity index (χ1v) is 6.33. The molecule has 0 aliphatic carbocycles. The highest BCUT2D eigenvalue weighted by Crippen LogP contribution is 2.26. The Hall–Kier alpha value is -1.10. The zero-order valence-corrected chi connectivity index (χ0v) is 10.2. The van der Waals surface area contributed by atoms with Gasteiger partial charge >= 0.3 is 5.97 Å². The molecule has 0 radical (unpaired) electrons. The molecule has 2 saturated heterocycles. The molecule has 5 nitrogen and oxygen atoms in total. The number of carboxylic acid groups (broad SMARTS) is 1. The second-order valence-electron chi connectivity index (χ2n) is 5.21. The Bertz CT molecular complexity index is 324. The fourth-order valence-electron chi connectivity index (χ4n) is 2.83. The molecule has 2 aliphatic heterocycles. The number of carboxylic acids is 1. The molecule has 0 aromatic rings. The Morgan fingerprint density at radius 2 is 2.12 bits per heavy atom.